The van der Waals surface area contributed by atoms with Crippen LogP contribution in [0.2, 0.25) is 0 Å². The Bertz CT molecular complexity index is 230. The zero-order valence-corrected chi connectivity index (χ0v) is 7.17. The Morgan fingerprint density at radius 2 is 2.18 bits per heavy atom. The number of nitrogens with two attached hydrogens (primary N) is 1. The zero-order valence-electron chi connectivity index (χ0n) is 7.17. The van der Waals surface area contributed by atoms with Gasteiger partial charge in [-0.1, -0.05) is 36.8 Å². The summed E-state index contributed by atoms with van der Waals surface area (Å²) in [5.74, 6) is 0. The SMILES string of the molecule is CC[C@H](N)c1cccc(C)c1. The van der Waals surface area contributed by atoms with Crippen molar-refractivity contribution in [2.24, 2.45) is 5.73 Å². The number of hydrogen-bond donors (Lipinski definition) is 1. The van der Waals surface area contributed by atoms with E-state index in [1.54, 1.807) is 0 Å². The summed E-state index contributed by atoms with van der Waals surface area (Å²) in [5, 5.41) is 0. The molecule has 0 unspecified atom stereocenters. The van der Waals surface area contributed by atoms with E-state index in [0.29, 0.717) is 0 Å². The second-order valence-corrected chi connectivity index (χ2v) is 2.93. The second kappa shape index (κ2) is 3.54. The van der Waals surface area contributed by atoms with E-state index in [4.69, 9.17) is 5.73 Å². The Labute approximate surface area is 68.2 Å². The zero-order chi connectivity index (χ0) is 8.27. The Balaban J connectivity index is 2.86. The molecule has 0 aliphatic carbocycles. The molecule has 0 fully saturated rings. The fourth-order valence-corrected chi connectivity index (χ4v) is 1.14. The van der Waals surface area contributed by atoms with Gasteiger partial charge in [0.1, 0.15) is 0 Å². The summed E-state index contributed by atoms with van der Waals surface area (Å²) in [7, 11) is 0. The van der Waals surface area contributed by atoms with Crippen molar-refractivity contribution in [2.75, 3.05) is 0 Å². The normalized spacial score (nSPS) is 13.0. The fraction of sp³-hybridized carbons (Fsp3) is 0.400. The quantitative estimate of drug-likeness (QED) is 0.686. The first-order valence-electron chi connectivity index (χ1n) is 4.06. The van der Waals surface area contributed by atoms with Crippen LogP contribution in [-0.4, -0.2) is 0 Å². The van der Waals surface area contributed by atoms with E-state index < -0.39 is 0 Å². The van der Waals surface area contributed by atoms with Gasteiger partial charge in [0.05, 0.1) is 0 Å². The second-order valence-electron chi connectivity index (χ2n) is 2.93. The molecule has 0 bridgehead atoms. The summed E-state index contributed by atoms with van der Waals surface area (Å²) < 4.78 is 0. The van der Waals surface area contributed by atoms with E-state index >= 15 is 0 Å². The number of hydrogen-bond acceptors (Lipinski definition) is 1. The van der Waals surface area contributed by atoms with Crippen LogP contribution in [0.4, 0.5) is 0 Å². The molecule has 0 aromatic heterocycles. The molecule has 0 saturated carbocycles. The van der Waals surface area contributed by atoms with E-state index in [-0.39, 0.29) is 6.04 Å². The molecule has 2 N–H and O–H groups in total. The molecule has 0 amide bonds. The standard InChI is InChI=1S/C10H15N/c1-3-10(11)9-6-4-5-8(2)7-9/h4-7,10H,3,11H2,1-2H3/t10-/m0/s1. The number of rotatable bonds is 2. The third-order valence-corrected chi connectivity index (χ3v) is 1.91. The van der Waals surface area contributed by atoms with Crippen molar-refractivity contribution in [1.29, 1.82) is 0 Å². The Morgan fingerprint density at radius 1 is 1.45 bits per heavy atom. The lowest BCUT2D eigenvalue weighted by Crippen LogP contribution is -2.08. The third kappa shape index (κ3) is 2.05. The van der Waals surface area contributed by atoms with Crippen LogP contribution in [0.5, 0.6) is 0 Å². The van der Waals surface area contributed by atoms with Gasteiger partial charge in [0.25, 0.3) is 0 Å². The lowest BCUT2D eigenvalue weighted by molar-refractivity contribution is 0.698. The summed E-state index contributed by atoms with van der Waals surface area (Å²) in [6.07, 6.45) is 1.00. The topological polar surface area (TPSA) is 26.0 Å². The highest BCUT2D eigenvalue weighted by molar-refractivity contribution is 5.24. The average molecular weight is 149 g/mol. The predicted molar refractivity (Wildman–Crippen MR) is 48.4 cm³/mol. The highest BCUT2D eigenvalue weighted by Gasteiger charge is 2.01. The molecule has 60 valence electrons. The van der Waals surface area contributed by atoms with E-state index in [1.807, 2.05) is 0 Å². The van der Waals surface area contributed by atoms with Crippen LogP contribution in [0.15, 0.2) is 24.3 Å². The summed E-state index contributed by atoms with van der Waals surface area (Å²) in [5.41, 5.74) is 8.39. The summed E-state index contributed by atoms with van der Waals surface area (Å²) in [4.78, 5) is 0. The van der Waals surface area contributed by atoms with Gasteiger partial charge >= 0.3 is 0 Å². The van der Waals surface area contributed by atoms with E-state index in [9.17, 15) is 0 Å². The van der Waals surface area contributed by atoms with Gasteiger partial charge in [0, 0.05) is 6.04 Å². The fourth-order valence-electron chi connectivity index (χ4n) is 1.14. The molecule has 1 aromatic carbocycles. The molecule has 0 saturated heterocycles. The predicted octanol–water partition coefficient (Wildman–Crippen LogP) is 2.40. The van der Waals surface area contributed by atoms with Gasteiger partial charge in [-0.25, -0.2) is 0 Å². The molecule has 0 spiro atoms. The van der Waals surface area contributed by atoms with Gasteiger partial charge in [-0.2, -0.15) is 0 Å². The maximum Gasteiger partial charge on any atom is 0.0292 e. The maximum atomic E-state index is 5.86. The minimum atomic E-state index is 0.204. The lowest BCUT2D eigenvalue weighted by Gasteiger charge is -2.08. The highest BCUT2D eigenvalue weighted by Crippen LogP contribution is 2.14. The first-order valence-corrected chi connectivity index (χ1v) is 4.06. The number of benzene rings is 1. The Kier molecular flexibility index (Phi) is 2.66. The monoisotopic (exact) mass is 149 g/mol. The average Bonchev–Trinajstić information content (AvgIpc) is 2.03. The minimum Gasteiger partial charge on any atom is -0.324 e. The molecule has 0 radical (unpaired) electrons. The van der Waals surface area contributed by atoms with Crippen LogP contribution in [0, 0.1) is 6.92 Å². The van der Waals surface area contributed by atoms with Gasteiger partial charge in [-0.3, -0.25) is 0 Å². The Morgan fingerprint density at radius 3 is 2.73 bits per heavy atom. The third-order valence-electron chi connectivity index (χ3n) is 1.91. The largest absolute Gasteiger partial charge is 0.324 e. The van der Waals surface area contributed by atoms with Crippen molar-refractivity contribution in [3.05, 3.63) is 35.4 Å². The van der Waals surface area contributed by atoms with Crippen LogP contribution in [0.25, 0.3) is 0 Å². The van der Waals surface area contributed by atoms with Gasteiger partial charge in [0.15, 0.2) is 0 Å². The molecule has 1 atom stereocenters. The highest BCUT2D eigenvalue weighted by atomic mass is 14.6. The molecule has 0 aliphatic heterocycles. The minimum absolute atomic E-state index is 0.204. The molecule has 1 aromatic rings. The van der Waals surface area contributed by atoms with E-state index in [0.717, 1.165) is 6.42 Å². The summed E-state index contributed by atoms with van der Waals surface area (Å²) >= 11 is 0. The first-order chi connectivity index (χ1) is 5.24. The van der Waals surface area contributed by atoms with Crippen molar-refractivity contribution in [2.45, 2.75) is 26.3 Å². The van der Waals surface area contributed by atoms with Crippen LogP contribution in [0.1, 0.15) is 30.5 Å². The van der Waals surface area contributed by atoms with Crippen molar-refractivity contribution in [3.8, 4) is 0 Å². The van der Waals surface area contributed by atoms with Crippen LogP contribution < -0.4 is 5.73 Å². The van der Waals surface area contributed by atoms with Crippen LogP contribution in [0.3, 0.4) is 0 Å². The van der Waals surface area contributed by atoms with Crippen LogP contribution >= 0.6 is 0 Å². The summed E-state index contributed by atoms with van der Waals surface area (Å²) in [6.45, 7) is 4.19. The molecule has 1 rings (SSSR count). The molecule has 0 heterocycles. The molecule has 11 heavy (non-hydrogen) atoms. The Hall–Kier alpha value is -0.820. The van der Waals surface area contributed by atoms with E-state index in [1.165, 1.54) is 11.1 Å². The van der Waals surface area contributed by atoms with Crippen molar-refractivity contribution >= 4 is 0 Å². The van der Waals surface area contributed by atoms with Crippen molar-refractivity contribution in [1.82, 2.24) is 0 Å². The molecule has 1 nitrogen and oxygen atoms in total. The molecular weight excluding hydrogens is 134 g/mol. The van der Waals surface area contributed by atoms with Gasteiger partial charge in [0.2, 0.25) is 0 Å². The van der Waals surface area contributed by atoms with Crippen LogP contribution in [-0.2, 0) is 0 Å². The first kappa shape index (κ1) is 8.28. The van der Waals surface area contributed by atoms with Gasteiger partial charge in [-0.15, -0.1) is 0 Å². The molecule has 0 aliphatic rings. The van der Waals surface area contributed by atoms with Crippen molar-refractivity contribution in [3.63, 3.8) is 0 Å². The molecule has 1 heteroatoms. The lowest BCUT2D eigenvalue weighted by atomic mass is 10.0. The van der Waals surface area contributed by atoms with Gasteiger partial charge in [-0.05, 0) is 18.9 Å². The van der Waals surface area contributed by atoms with Crippen molar-refractivity contribution < 1.29 is 0 Å². The van der Waals surface area contributed by atoms with Gasteiger partial charge < -0.3 is 5.73 Å². The maximum absolute atomic E-state index is 5.86. The smallest absolute Gasteiger partial charge is 0.0292 e. The number of aryl methyl sites for hydroxylation is 1. The molecular formula is C10H15N. The van der Waals surface area contributed by atoms with E-state index in [2.05, 4.69) is 38.1 Å². The summed E-state index contributed by atoms with van der Waals surface area (Å²) in [6, 6.07) is 8.58.